The lowest BCUT2D eigenvalue weighted by atomic mass is 10.00. The Balaban J connectivity index is 1.87. The predicted octanol–water partition coefficient (Wildman–Crippen LogP) is 3.03. The highest BCUT2D eigenvalue weighted by atomic mass is 16.5. The van der Waals surface area contributed by atoms with E-state index in [4.69, 9.17) is 9.94 Å². The fourth-order valence-corrected chi connectivity index (χ4v) is 2.62. The van der Waals surface area contributed by atoms with Gasteiger partial charge in [-0.2, -0.15) is 0 Å². The molecule has 0 atom stereocenters. The summed E-state index contributed by atoms with van der Waals surface area (Å²) in [4.78, 5) is 23.8. The van der Waals surface area contributed by atoms with Crippen molar-refractivity contribution in [2.24, 2.45) is 0 Å². The van der Waals surface area contributed by atoms with Gasteiger partial charge in [-0.15, -0.1) is 0 Å². The number of carbonyl (C=O) groups excluding carboxylic acids is 2. The number of ether oxygens (including phenoxy) is 1. The first-order chi connectivity index (χ1) is 13.6. The molecule has 1 aliphatic rings. The lowest BCUT2D eigenvalue weighted by Crippen LogP contribution is -2.26. The van der Waals surface area contributed by atoms with Gasteiger partial charge in [0, 0.05) is 17.7 Å². The van der Waals surface area contributed by atoms with Crippen LogP contribution in [0.5, 0.6) is 5.75 Å². The molecule has 0 saturated heterocycles. The van der Waals surface area contributed by atoms with Crippen LogP contribution in [0.3, 0.4) is 0 Å². The Morgan fingerprint density at radius 2 is 1.68 bits per heavy atom. The Labute approximate surface area is 163 Å². The fourth-order valence-electron chi connectivity index (χ4n) is 2.62. The first kappa shape index (κ1) is 19.4. The molecule has 2 aromatic carbocycles. The number of carbonyl (C=O) groups is 2. The minimum absolute atomic E-state index is 0.110. The van der Waals surface area contributed by atoms with E-state index in [1.165, 1.54) is 6.08 Å². The highest BCUT2D eigenvalue weighted by Gasteiger charge is 2.25. The second-order valence-electron chi connectivity index (χ2n) is 6.51. The molecular formula is C22H22N2O4. The van der Waals surface area contributed by atoms with Crippen LogP contribution < -0.4 is 15.5 Å². The summed E-state index contributed by atoms with van der Waals surface area (Å²) < 4.78 is 5.18. The van der Waals surface area contributed by atoms with E-state index in [1.807, 2.05) is 54.6 Å². The molecule has 0 spiro atoms. The highest BCUT2D eigenvalue weighted by molar-refractivity contribution is 6.24. The van der Waals surface area contributed by atoms with Crippen LogP contribution in [0.15, 0.2) is 54.6 Å². The van der Waals surface area contributed by atoms with Crippen LogP contribution in [0.4, 0.5) is 0 Å². The molecule has 0 aliphatic heterocycles. The zero-order valence-electron chi connectivity index (χ0n) is 15.5. The van der Waals surface area contributed by atoms with Gasteiger partial charge in [0.15, 0.2) is 0 Å². The third-order valence-electron chi connectivity index (χ3n) is 4.34. The summed E-state index contributed by atoms with van der Waals surface area (Å²) >= 11 is 0. The maximum absolute atomic E-state index is 12.8. The van der Waals surface area contributed by atoms with Crippen LogP contribution in [0.2, 0.25) is 0 Å². The van der Waals surface area contributed by atoms with Crippen LogP contribution in [-0.4, -0.2) is 30.2 Å². The van der Waals surface area contributed by atoms with E-state index in [0.29, 0.717) is 5.57 Å². The van der Waals surface area contributed by atoms with E-state index in [0.717, 1.165) is 35.3 Å². The summed E-state index contributed by atoms with van der Waals surface area (Å²) in [6.07, 6.45) is 6.67. The van der Waals surface area contributed by atoms with Crippen molar-refractivity contribution in [2.75, 3.05) is 7.11 Å². The largest absolute Gasteiger partial charge is 0.497 e. The van der Waals surface area contributed by atoms with E-state index >= 15 is 0 Å². The number of hydrogen-bond acceptors (Lipinski definition) is 4. The molecule has 1 saturated carbocycles. The maximum atomic E-state index is 12.8. The van der Waals surface area contributed by atoms with Crippen molar-refractivity contribution in [3.8, 4) is 5.75 Å². The molecule has 0 unspecified atom stereocenters. The minimum atomic E-state index is -0.604. The Kier molecular flexibility index (Phi) is 6.24. The molecule has 0 radical (unpaired) electrons. The van der Waals surface area contributed by atoms with Gasteiger partial charge in [0.05, 0.1) is 7.11 Å². The number of benzene rings is 2. The summed E-state index contributed by atoms with van der Waals surface area (Å²) in [5.74, 6) is 0.0402. The molecule has 0 aromatic heterocycles. The first-order valence-electron chi connectivity index (χ1n) is 8.98. The lowest BCUT2D eigenvalue weighted by Gasteiger charge is -2.10. The summed E-state index contributed by atoms with van der Waals surface area (Å²) in [5.41, 5.74) is 4.56. The second-order valence-corrected chi connectivity index (χ2v) is 6.51. The van der Waals surface area contributed by atoms with Gasteiger partial charge in [-0.05, 0) is 53.8 Å². The smallest absolute Gasteiger partial charge is 0.267 e. The number of methoxy groups -OCH3 is 1. The summed E-state index contributed by atoms with van der Waals surface area (Å²) in [5, 5.41) is 11.6. The molecule has 0 heterocycles. The van der Waals surface area contributed by atoms with Crippen molar-refractivity contribution in [1.82, 2.24) is 10.8 Å². The molecule has 2 amide bonds. The summed E-state index contributed by atoms with van der Waals surface area (Å²) in [7, 11) is 1.61. The summed E-state index contributed by atoms with van der Waals surface area (Å²) in [6, 6.07) is 15.0. The Hall–Kier alpha value is -3.38. The number of amides is 2. The van der Waals surface area contributed by atoms with Gasteiger partial charge >= 0.3 is 0 Å². The van der Waals surface area contributed by atoms with Gasteiger partial charge in [0.2, 0.25) is 0 Å². The van der Waals surface area contributed by atoms with Crippen LogP contribution in [-0.2, 0) is 9.59 Å². The third kappa shape index (κ3) is 5.31. The predicted molar refractivity (Wildman–Crippen MR) is 107 cm³/mol. The minimum Gasteiger partial charge on any atom is -0.497 e. The Morgan fingerprint density at radius 3 is 2.25 bits per heavy atom. The molecule has 3 rings (SSSR count). The monoisotopic (exact) mass is 378 g/mol. The first-order valence-corrected chi connectivity index (χ1v) is 8.98. The van der Waals surface area contributed by atoms with E-state index in [2.05, 4.69) is 5.32 Å². The van der Waals surface area contributed by atoms with Crippen molar-refractivity contribution < 1.29 is 19.5 Å². The summed E-state index contributed by atoms with van der Waals surface area (Å²) in [6.45, 7) is 0. The molecule has 1 aliphatic carbocycles. The Bertz CT molecular complexity index is 895. The number of hydrogen-bond donors (Lipinski definition) is 3. The van der Waals surface area contributed by atoms with Crippen molar-refractivity contribution in [3.63, 3.8) is 0 Å². The zero-order valence-corrected chi connectivity index (χ0v) is 15.5. The second kappa shape index (κ2) is 9.01. The molecule has 6 heteroatoms. The standard InChI is InChI=1S/C22H22N2O4/c1-28-19-11-4-16(5-12-19)14-20(22(26)23-18-9-10-18)17-7-2-15(3-8-17)6-13-21(25)24-27/h2-8,11-14,18,27H,9-10H2,1H3,(H,23,26)(H,24,25)/b13-6+,20-14?. The van der Waals surface area contributed by atoms with E-state index < -0.39 is 5.91 Å². The van der Waals surface area contributed by atoms with Gasteiger partial charge in [-0.3, -0.25) is 14.8 Å². The van der Waals surface area contributed by atoms with Crippen molar-refractivity contribution in [3.05, 3.63) is 71.3 Å². The normalized spacial score (nSPS) is 14.0. The Morgan fingerprint density at radius 1 is 1.04 bits per heavy atom. The molecule has 2 aromatic rings. The van der Waals surface area contributed by atoms with Gasteiger partial charge in [0.1, 0.15) is 5.75 Å². The van der Waals surface area contributed by atoms with Crippen LogP contribution >= 0.6 is 0 Å². The molecular weight excluding hydrogens is 356 g/mol. The van der Waals surface area contributed by atoms with Gasteiger partial charge in [0.25, 0.3) is 11.8 Å². The lowest BCUT2D eigenvalue weighted by molar-refractivity contribution is -0.124. The van der Waals surface area contributed by atoms with Gasteiger partial charge < -0.3 is 10.1 Å². The average molecular weight is 378 g/mol. The zero-order chi connectivity index (χ0) is 19.9. The topological polar surface area (TPSA) is 87.7 Å². The third-order valence-corrected chi connectivity index (χ3v) is 4.34. The van der Waals surface area contributed by atoms with Crippen LogP contribution in [0, 0.1) is 0 Å². The SMILES string of the molecule is COc1ccc(C=C(C(=O)NC2CC2)c2ccc(/C=C/C(=O)NO)cc2)cc1. The quantitative estimate of drug-likeness (QED) is 0.299. The molecule has 3 N–H and O–H groups in total. The fraction of sp³-hybridized carbons (Fsp3) is 0.182. The molecule has 144 valence electrons. The van der Waals surface area contributed by atoms with Crippen molar-refractivity contribution >= 4 is 29.5 Å². The highest BCUT2D eigenvalue weighted by Crippen LogP contribution is 2.24. The van der Waals surface area contributed by atoms with E-state index in [-0.39, 0.29) is 11.9 Å². The molecule has 1 fully saturated rings. The van der Waals surface area contributed by atoms with E-state index in [1.54, 1.807) is 18.7 Å². The molecule has 6 nitrogen and oxygen atoms in total. The van der Waals surface area contributed by atoms with Gasteiger partial charge in [-0.25, -0.2) is 5.48 Å². The van der Waals surface area contributed by atoms with Gasteiger partial charge in [-0.1, -0.05) is 36.4 Å². The number of hydroxylamine groups is 1. The van der Waals surface area contributed by atoms with Crippen LogP contribution in [0.25, 0.3) is 17.7 Å². The molecule has 0 bridgehead atoms. The maximum Gasteiger partial charge on any atom is 0.267 e. The van der Waals surface area contributed by atoms with E-state index in [9.17, 15) is 9.59 Å². The van der Waals surface area contributed by atoms with Crippen molar-refractivity contribution in [1.29, 1.82) is 0 Å². The average Bonchev–Trinajstić information content (AvgIpc) is 3.55. The van der Waals surface area contributed by atoms with Crippen LogP contribution in [0.1, 0.15) is 29.5 Å². The number of rotatable bonds is 7. The molecule has 28 heavy (non-hydrogen) atoms. The van der Waals surface area contributed by atoms with Crippen molar-refractivity contribution in [2.45, 2.75) is 18.9 Å². The number of nitrogens with one attached hydrogen (secondary N) is 2.